The normalized spacial score (nSPS) is 26.4. The minimum absolute atomic E-state index is 0.296. The maximum absolute atomic E-state index is 6.20. The van der Waals surface area contributed by atoms with Crippen molar-refractivity contribution in [3.05, 3.63) is 11.4 Å². The second kappa shape index (κ2) is 6.42. The Morgan fingerprint density at radius 3 is 2.55 bits per heavy atom. The first-order valence-electron chi connectivity index (χ1n) is 7.77. The van der Waals surface area contributed by atoms with E-state index in [1.165, 1.54) is 6.42 Å². The Labute approximate surface area is 122 Å². The van der Waals surface area contributed by atoms with E-state index in [1.54, 1.807) is 0 Å². The Hall–Kier alpha value is -1.32. The standard InChI is InChI=1S/C16H27N3O/c1-6-14-18-15(17-5)12(4)16(19-14)20-13-8-7-10(2)11(3)9-13/h10-11,13H,6-9H2,1-5H3,(H,17,18,19). The molecule has 1 saturated carbocycles. The predicted molar refractivity (Wildman–Crippen MR) is 82.3 cm³/mol. The van der Waals surface area contributed by atoms with E-state index in [2.05, 4.69) is 36.1 Å². The van der Waals surface area contributed by atoms with Gasteiger partial charge in [-0.15, -0.1) is 0 Å². The first-order chi connectivity index (χ1) is 9.55. The molecule has 0 aliphatic heterocycles. The van der Waals surface area contributed by atoms with Gasteiger partial charge in [0.15, 0.2) is 0 Å². The van der Waals surface area contributed by atoms with E-state index in [1.807, 2.05) is 14.0 Å². The number of hydrogen-bond donors (Lipinski definition) is 1. The third-order valence-corrected chi connectivity index (χ3v) is 4.53. The van der Waals surface area contributed by atoms with Gasteiger partial charge in [-0.3, -0.25) is 0 Å². The lowest BCUT2D eigenvalue weighted by Crippen LogP contribution is -2.29. The van der Waals surface area contributed by atoms with Crippen molar-refractivity contribution in [2.24, 2.45) is 11.8 Å². The summed E-state index contributed by atoms with van der Waals surface area (Å²) in [5.41, 5.74) is 1.01. The molecule has 0 bridgehead atoms. The number of nitrogens with one attached hydrogen (secondary N) is 1. The largest absolute Gasteiger partial charge is 0.474 e. The molecule has 1 heterocycles. The van der Waals surface area contributed by atoms with Crippen LogP contribution in [0.1, 0.15) is 51.4 Å². The van der Waals surface area contributed by atoms with E-state index in [9.17, 15) is 0 Å². The van der Waals surface area contributed by atoms with Crippen molar-refractivity contribution < 1.29 is 4.74 Å². The van der Waals surface area contributed by atoms with Crippen molar-refractivity contribution in [2.75, 3.05) is 12.4 Å². The molecule has 4 nitrogen and oxygen atoms in total. The second-order valence-corrected chi connectivity index (χ2v) is 6.03. The van der Waals surface area contributed by atoms with Gasteiger partial charge in [0.2, 0.25) is 5.88 Å². The number of rotatable bonds is 4. The van der Waals surface area contributed by atoms with Crippen LogP contribution >= 0.6 is 0 Å². The molecule has 1 aromatic heterocycles. The molecule has 1 aliphatic rings. The highest BCUT2D eigenvalue weighted by Crippen LogP contribution is 2.33. The molecule has 3 unspecified atom stereocenters. The summed E-state index contributed by atoms with van der Waals surface area (Å²) in [4.78, 5) is 9.05. The van der Waals surface area contributed by atoms with Crippen LogP contribution in [0.15, 0.2) is 0 Å². The van der Waals surface area contributed by atoms with Crippen molar-refractivity contribution >= 4 is 5.82 Å². The van der Waals surface area contributed by atoms with Gasteiger partial charge in [0.1, 0.15) is 17.7 Å². The zero-order valence-corrected chi connectivity index (χ0v) is 13.4. The van der Waals surface area contributed by atoms with Gasteiger partial charge in [-0.1, -0.05) is 20.8 Å². The van der Waals surface area contributed by atoms with Crippen molar-refractivity contribution in [3.8, 4) is 5.88 Å². The molecular weight excluding hydrogens is 250 g/mol. The Kier molecular flexibility index (Phi) is 4.84. The van der Waals surface area contributed by atoms with Gasteiger partial charge < -0.3 is 10.1 Å². The smallest absolute Gasteiger partial charge is 0.222 e. The molecule has 1 fully saturated rings. The average molecular weight is 277 g/mol. The number of aryl methyl sites for hydroxylation is 1. The highest BCUT2D eigenvalue weighted by Gasteiger charge is 2.26. The van der Waals surface area contributed by atoms with Gasteiger partial charge >= 0.3 is 0 Å². The van der Waals surface area contributed by atoms with Gasteiger partial charge in [0, 0.05) is 13.5 Å². The summed E-state index contributed by atoms with van der Waals surface area (Å²) in [6, 6.07) is 0. The molecule has 2 rings (SSSR count). The molecule has 0 spiro atoms. The summed E-state index contributed by atoms with van der Waals surface area (Å²) in [6.07, 6.45) is 4.62. The monoisotopic (exact) mass is 277 g/mol. The third kappa shape index (κ3) is 3.22. The number of nitrogens with zero attached hydrogens (tertiary/aromatic N) is 2. The van der Waals surface area contributed by atoms with Crippen molar-refractivity contribution in [1.82, 2.24) is 9.97 Å². The first-order valence-corrected chi connectivity index (χ1v) is 7.77. The zero-order valence-electron chi connectivity index (χ0n) is 13.4. The number of ether oxygens (including phenoxy) is 1. The van der Waals surface area contributed by atoms with Crippen LogP contribution < -0.4 is 10.1 Å². The van der Waals surface area contributed by atoms with Crippen molar-refractivity contribution in [1.29, 1.82) is 0 Å². The van der Waals surface area contributed by atoms with E-state index in [0.29, 0.717) is 6.10 Å². The average Bonchev–Trinajstić information content (AvgIpc) is 2.45. The van der Waals surface area contributed by atoms with Crippen LogP contribution in [0.3, 0.4) is 0 Å². The zero-order chi connectivity index (χ0) is 14.7. The number of aromatic nitrogens is 2. The van der Waals surface area contributed by atoms with E-state index >= 15 is 0 Å². The SMILES string of the molecule is CCc1nc(NC)c(C)c(OC2CCC(C)C(C)C2)n1. The maximum atomic E-state index is 6.20. The number of hydrogen-bond acceptors (Lipinski definition) is 4. The van der Waals surface area contributed by atoms with E-state index in [4.69, 9.17) is 4.74 Å². The fourth-order valence-corrected chi connectivity index (χ4v) is 2.82. The maximum Gasteiger partial charge on any atom is 0.222 e. The molecule has 0 amide bonds. The highest BCUT2D eigenvalue weighted by molar-refractivity contribution is 5.48. The highest BCUT2D eigenvalue weighted by atomic mass is 16.5. The van der Waals surface area contributed by atoms with Gasteiger partial charge in [-0.05, 0) is 38.0 Å². The lowest BCUT2D eigenvalue weighted by atomic mass is 9.80. The van der Waals surface area contributed by atoms with Crippen molar-refractivity contribution in [3.63, 3.8) is 0 Å². The Morgan fingerprint density at radius 1 is 1.20 bits per heavy atom. The summed E-state index contributed by atoms with van der Waals surface area (Å²) in [5, 5.41) is 3.13. The van der Waals surface area contributed by atoms with Crippen LogP contribution in [0.25, 0.3) is 0 Å². The second-order valence-electron chi connectivity index (χ2n) is 6.03. The molecule has 112 valence electrons. The minimum Gasteiger partial charge on any atom is -0.474 e. The summed E-state index contributed by atoms with van der Waals surface area (Å²) in [6.45, 7) is 8.75. The van der Waals surface area contributed by atoms with Crippen LogP contribution in [-0.2, 0) is 6.42 Å². The van der Waals surface area contributed by atoms with Crippen LogP contribution in [0.2, 0.25) is 0 Å². The van der Waals surface area contributed by atoms with Crippen LogP contribution in [0.5, 0.6) is 5.88 Å². The Morgan fingerprint density at radius 2 is 1.95 bits per heavy atom. The number of anilines is 1. The summed E-state index contributed by atoms with van der Waals surface area (Å²) < 4.78 is 6.20. The van der Waals surface area contributed by atoms with Gasteiger partial charge in [0.25, 0.3) is 0 Å². The van der Waals surface area contributed by atoms with E-state index in [0.717, 1.165) is 54.2 Å². The van der Waals surface area contributed by atoms with Crippen LogP contribution in [0.4, 0.5) is 5.82 Å². The Bertz CT molecular complexity index is 461. The third-order valence-electron chi connectivity index (χ3n) is 4.53. The molecule has 0 saturated heterocycles. The predicted octanol–water partition coefficient (Wildman–Crippen LogP) is 3.59. The topological polar surface area (TPSA) is 47.0 Å². The van der Waals surface area contributed by atoms with E-state index < -0.39 is 0 Å². The fraction of sp³-hybridized carbons (Fsp3) is 0.750. The van der Waals surface area contributed by atoms with Gasteiger partial charge in [-0.2, -0.15) is 4.98 Å². The quantitative estimate of drug-likeness (QED) is 0.913. The molecule has 0 aromatic carbocycles. The molecular formula is C16H27N3O. The minimum atomic E-state index is 0.296. The fourth-order valence-electron chi connectivity index (χ4n) is 2.82. The van der Waals surface area contributed by atoms with Crippen LogP contribution in [-0.4, -0.2) is 23.1 Å². The molecule has 1 aliphatic carbocycles. The summed E-state index contributed by atoms with van der Waals surface area (Å²) in [7, 11) is 1.89. The molecule has 3 atom stereocenters. The van der Waals surface area contributed by atoms with Crippen molar-refractivity contribution in [2.45, 2.75) is 59.5 Å². The summed E-state index contributed by atoms with van der Waals surface area (Å²) in [5.74, 6) is 4.01. The Balaban J connectivity index is 2.16. The molecule has 1 aromatic rings. The van der Waals surface area contributed by atoms with Gasteiger partial charge in [0.05, 0.1) is 5.56 Å². The lowest BCUT2D eigenvalue weighted by Gasteiger charge is -2.32. The van der Waals surface area contributed by atoms with E-state index in [-0.39, 0.29) is 0 Å². The molecule has 1 N–H and O–H groups in total. The molecule has 20 heavy (non-hydrogen) atoms. The lowest BCUT2D eigenvalue weighted by molar-refractivity contribution is 0.0955. The molecule has 4 heteroatoms. The summed E-state index contributed by atoms with van der Waals surface area (Å²) >= 11 is 0. The first kappa shape index (κ1) is 15.1. The molecule has 0 radical (unpaired) electrons. The van der Waals surface area contributed by atoms with Gasteiger partial charge in [-0.25, -0.2) is 4.98 Å². The van der Waals surface area contributed by atoms with Crippen LogP contribution in [0, 0.1) is 18.8 Å².